The number of aromatic amines is 1. The summed E-state index contributed by atoms with van der Waals surface area (Å²) in [5.74, 6) is 0.354. The van der Waals surface area contributed by atoms with Gasteiger partial charge >= 0.3 is 5.97 Å². The first-order chi connectivity index (χ1) is 9.60. The number of fused-ring (bicyclic) bond motifs is 1. The van der Waals surface area contributed by atoms with Crippen molar-refractivity contribution >= 4 is 16.9 Å². The van der Waals surface area contributed by atoms with Gasteiger partial charge in [0.15, 0.2) is 16.9 Å². The Kier molecular flexibility index (Phi) is 3.93. The van der Waals surface area contributed by atoms with E-state index in [0.717, 1.165) is 0 Å². The van der Waals surface area contributed by atoms with Crippen LogP contribution in [0.2, 0.25) is 0 Å². The standard InChI is InChI=1S/C14H15NO5/c1-4-20-14(17)10-6-11(16)8-5-12(18-2)13(19-3)7-9(8)15-10/h5-7H,4H2,1-3H3,(H,15,16). The summed E-state index contributed by atoms with van der Waals surface area (Å²) in [5.41, 5.74) is 0.303. The summed E-state index contributed by atoms with van der Waals surface area (Å²) >= 11 is 0. The number of hydrogen-bond acceptors (Lipinski definition) is 5. The van der Waals surface area contributed by atoms with Crippen LogP contribution in [0.25, 0.3) is 10.9 Å². The minimum absolute atomic E-state index is 0.108. The van der Waals surface area contributed by atoms with Gasteiger partial charge in [0.05, 0.1) is 26.3 Å². The lowest BCUT2D eigenvalue weighted by Gasteiger charge is -2.09. The molecule has 0 spiro atoms. The van der Waals surface area contributed by atoms with Crippen molar-refractivity contribution in [3.05, 3.63) is 34.1 Å². The van der Waals surface area contributed by atoms with E-state index in [1.165, 1.54) is 20.3 Å². The zero-order chi connectivity index (χ0) is 14.7. The van der Waals surface area contributed by atoms with Gasteiger partial charge in [-0.2, -0.15) is 0 Å². The molecule has 0 saturated heterocycles. The van der Waals surface area contributed by atoms with E-state index in [1.54, 1.807) is 19.1 Å². The van der Waals surface area contributed by atoms with Crippen molar-refractivity contribution in [2.45, 2.75) is 6.92 Å². The van der Waals surface area contributed by atoms with E-state index in [4.69, 9.17) is 14.2 Å². The van der Waals surface area contributed by atoms with Gasteiger partial charge in [0.1, 0.15) is 5.69 Å². The molecule has 0 fully saturated rings. The average Bonchev–Trinajstić information content (AvgIpc) is 2.46. The molecule has 2 aromatic rings. The van der Waals surface area contributed by atoms with Crippen LogP contribution in [0, 0.1) is 0 Å². The number of methoxy groups -OCH3 is 2. The first kappa shape index (κ1) is 13.9. The molecular formula is C14H15NO5. The lowest BCUT2D eigenvalue weighted by Crippen LogP contribution is -2.12. The van der Waals surface area contributed by atoms with E-state index in [0.29, 0.717) is 22.4 Å². The topological polar surface area (TPSA) is 77.6 Å². The van der Waals surface area contributed by atoms with Crippen LogP contribution < -0.4 is 14.9 Å². The summed E-state index contributed by atoms with van der Waals surface area (Å²) in [6.45, 7) is 1.94. The molecule has 2 rings (SSSR count). The van der Waals surface area contributed by atoms with Crippen LogP contribution in [-0.2, 0) is 4.74 Å². The molecule has 1 N–H and O–H groups in total. The molecule has 0 aliphatic rings. The van der Waals surface area contributed by atoms with Gasteiger partial charge in [-0.3, -0.25) is 4.79 Å². The lowest BCUT2D eigenvalue weighted by molar-refractivity contribution is 0.0520. The first-order valence-corrected chi connectivity index (χ1v) is 6.06. The van der Waals surface area contributed by atoms with Gasteiger partial charge in [-0.1, -0.05) is 0 Å². The van der Waals surface area contributed by atoms with Crippen molar-refractivity contribution in [1.29, 1.82) is 0 Å². The Morgan fingerprint density at radius 2 is 1.80 bits per heavy atom. The van der Waals surface area contributed by atoms with Crippen molar-refractivity contribution in [3.8, 4) is 11.5 Å². The SMILES string of the molecule is CCOC(=O)c1cc(=O)c2cc(OC)c(OC)cc2[nH]1. The number of pyridine rings is 1. The Bertz CT molecular complexity index is 705. The summed E-state index contributed by atoms with van der Waals surface area (Å²) in [4.78, 5) is 26.6. The third kappa shape index (κ3) is 2.45. The maximum Gasteiger partial charge on any atom is 0.354 e. The smallest absolute Gasteiger partial charge is 0.354 e. The highest BCUT2D eigenvalue weighted by Gasteiger charge is 2.13. The maximum atomic E-state index is 12.1. The molecule has 1 heterocycles. The molecule has 0 atom stereocenters. The number of nitrogens with one attached hydrogen (secondary N) is 1. The number of H-pyrrole nitrogens is 1. The number of esters is 1. The molecule has 0 amide bonds. The second-order valence-electron chi connectivity index (χ2n) is 4.02. The van der Waals surface area contributed by atoms with E-state index in [2.05, 4.69) is 4.98 Å². The summed E-state index contributed by atoms with van der Waals surface area (Å²) in [6, 6.07) is 4.40. The molecule has 6 heteroatoms. The van der Waals surface area contributed by atoms with Gasteiger partial charge in [-0.15, -0.1) is 0 Å². The van der Waals surface area contributed by atoms with E-state index in [9.17, 15) is 9.59 Å². The fourth-order valence-electron chi connectivity index (χ4n) is 1.90. The highest BCUT2D eigenvalue weighted by Crippen LogP contribution is 2.30. The van der Waals surface area contributed by atoms with Crippen LogP contribution in [0.15, 0.2) is 23.0 Å². The van der Waals surface area contributed by atoms with Crippen LogP contribution in [0.5, 0.6) is 11.5 Å². The minimum atomic E-state index is -0.568. The van der Waals surface area contributed by atoms with Gasteiger partial charge in [0.2, 0.25) is 0 Å². The van der Waals surface area contributed by atoms with E-state index in [-0.39, 0.29) is 17.7 Å². The molecule has 106 valence electrons. The fourth-order valence-corrected chi connectivity index (χ4v) is 1.90. The minimum Gasteiger partial charge on any atom is -0.493 e. The van der Waals surface area contributed by atoms with Gasteiger partial charge in [0.25, 0.3) is 0 Å². The molecule has 0 aliphatic carbocycles. The lowest BCUT2D eigenvalue weighted by atomic mass is 10.1. The summed E-state index contributed by atoms with van der Waals surface area (Å²) < 4.78 is 15.2. The predicted molar refractivity (Wildman–Crippen MR) is 73.6 cm³/mol. The zero-order valence-corrected chi connectivity index (χ0v) is 11.5. The highest BCUT2D eigenvalue weighted by molar-refractivity contribution is 5.91. The van der Waals surface area contributed by atoms with Crippen molar-refractivity contribution in [1.82, 2.24) is 4.98 Å². The van der Waals surface area contributed by atoms with Crippen molar-refractivity contribution < 1.29 is 19.0 Å². The first-order valence-electron chi connectivity index (χ1n) is 6.06. The Labute approximate surface area is 115 Å². The van der Waals surface area contributed by atoms with Crippen molar-refractivity contribution in [2.75, 3.05) is 20.8 Å². The number of benzene rings is 1. The van der Waals surface area contributed by atoms with Crippen LogP contribution in [0.3, 0.4) is 0 Å². The van der Waals surface area contributed by atoms with Gasteiger partial charge in [0, 0.05) is 17.5 Å². The third-order valence-corrected chi connectivity index (χ3v) is 2.83. The Morgan fingerprint density at radius 1 is 1.15 bits per heavy atom. The number of aromatic nitrogens is 1. The largest absolute Gasteiger partial charge is 0.493 e. The normalized spacial score (nSPS) is 10.3. The van der Waals surface area contributed by atoms with Crippen LogP contribution in [0.4, 0.5) is 0 Å². The molecular weight excluding hydrogens is 262 g/mol. The van der Waals surface area contributed by atoms with Crippen molar-refractivity contribution in [3.63, 3.8) is 0 Å². The number of ether oxygens (including phenoxy) is 3. The highest BCUT2D eigenvalue weighted by atomic mass is 16.5. The van der Waals surface area contributed by atoms with Crippen LogP contribution >= 0.6 is 0 Å². The molecule has 1 aromatic heterocycles. The fraction of sp³-hybridized carbons (Fsp3) is 0.286. The van der Waals surface area contributed by atoms with Gasteiger partial charge in [-0.05, 0) is 13.0 Å². The maximum absolute atomic E-state index is 12.1. The second-order valence-corrected chi connectivity index (χ2v) is 4.02. The van der Waals surface area contributed by atoms with Gasteiger partial charge in [-0.25, -0.2) is 4.79 Å². The molecule has 0 saturated carbocycles. The molecule has 0 aliphatic heterocycles. The average molecular weight is 277 g/mol. The van der Waals surface area contributed by atoms with Crippen molar-refractivity contribution in [2.24, 2.45) is 0 Å². The zero-order valence-electron chi connectivity index (χ0n) is 11.5. The molecule has 0 radical (unpaired) electrons. The summed E-state index contributed by atoms with van der Waals surface area (Å²) in [5, 5.41) is 0.413. The third-order valence-electron chi connectivity index (χ3n) is 2.83. The Morgan fingerprint density at radius 3 is 2.40 bits per heavy atom. The predicted octanol–water partition coefficient (Wildman–Crippen LogP) is 1.72. The van der Waals surface area contributed by atoms with E-state index < -0.39 is 5.97 Å². The summed E-state index contributed by atoms with van der Waals surface area (Å²) in [6.07, 6.45) is 0. The number of hydrogen-bond donors (Lipinski definition) is 1. The molecule has 6 nitrogen and oxygen atoms in total. The number of rotatable bonds is 4. The summed E-state index contributed by atoms with van der Waals surface area (Å²) in [7, 11) is 2.99. The molecule has 0 unspecified atom stereocenters. The Balaban J connectivity index is 2.65. The van der Waals surface area contributed by atoms with Gasteiger partial charge < -0.3 is 19.2 Å². The molecule has 20 heavy (non-hydrogen) atoms. The quantitative estimate of drug-likeness (QED) is 0.861. The Hall–Kier alpha value is -2.50. The second kappa shape index (κ2) is 5.64. The van der Waals surface area contributed by atoms with Crippen LogP contribution in [-0.4, -0.2) is 31.8 Å². The molecule has 0 bridgehead atoms. The number of carbonyl (C=O) groups is 1. The van der Waals surface area contributed by atoms with Crippen LogP contribution in [0.1, 0.15) is 17.4 Å². The number of carbonyl (C=O) groups excluding carboxylic acids is 1. The monoisotopic (exact) mass is 277 g/mol. The molecule has 1 aromatic carbocycles. The van der Waals surface area contributed by atoms with E-state index in [1.807, 2.05) is 0 Å². The van der Waals surface area contributed by atoms with E-state index >= 15 is 0 Å².